The normalized spacial score (nSPS) is 29.2. The second-order valence-electron chi connectivity index (χ2n) is 11.3. The minimum atomic E-state index is -1.61. The Hall–Kier alpha value is -5.13. The van der Waals surface area contributed by atoms with Crippen LogP contribution < -0.4 is 9.80 Å². The van der Waals surface area contributed by atoms with Crippen LogP contribution in [0.4, 0.5) is 11.4 Å². The van der Waals surface area contributed by atoms with E-state index in [1.165, 1.54) is 48.5 Å². The first-order chi connectivity index (χ1) is 20.4. The van der Waals surface area contributed by atoms with Gasteiger partial charge in [0.2, 0.25) is 23.6 Å². The molecular weight excluding hydrogens is 560 g/mol. The summed E-state index contributed by atoms with van der Waals surface area (Å²) in [6, 6.07) is 10.4. The molecule has 2 unspecified atom stereocenters. The third-order valence-electron chi connectivity index (χ3n) is 9.43. The molecule has 12 nitrogen and oxygen atoms in total. The number of nitrogens with zero attached hydrogens (tertiary/aromatic N) is 2. The standard InChI is InChI=1S/C31H26N2O10/c1-4-43-30(42)21-13(2)18-19-22(26(36)32(24(19)34)16-9-5-14(6-10-16)28(38)39)31(21,3)23-20(18)25(35)33(27(23)37)17-11-7-15(8-12-17)29(40)41/h5-12,18-20,22-23H,4H2,1-3H3,(H,38,39)(H,40,41)/t18?,19-,20+,22-,23-,31?/m1/s1. The number of hydrogen-bond donors (Lipinski definition) is 2. The third kappa shape index (κ3) is 3.58. The topological polar surface area (TPSA) is 176 Å². The van der Waals surface area contributed by atoms with Crippen molar-refractivity contribution < 1.29 is 48.5 Å². The average Bonchev–Trinajstić information content (AvgIpc) is 3.39. The van der Waals surface area contributed by atoms with Gasteiger partial charge in [0.15, 0.2) is 0 Å². The Morgan fingerprint density at radius 2 is 1.12 bits per heavy atom. The van der Waals surface area contributed by atoms with Crippen LogP contribution in [0.1, 0.15) is 41.5 Å². The lowest BCUT2D eigenvalue weighted by molar-refractivity contribution is -0.155. The molecule has 0 radical (unpaired) electrons. The molecule has 2 aliphatic heterocycles. The van der Waals surface area contributed by atoms with Gasteiger partial charge in [0.1, 0.15) is 0 Å². The second-order valence-corrected chi connectivity index (χ2v) is 11.3. The molecule has 12 heteroatoms. The van der Waals surface area contributed by atoms with Crippen LogP contribution in [0.25, 0.3) is 0 Å². The van der Waals surface area contributed by atoms with Gasteiger partial charge in [0.05, 0.1) is 52.8 Å². The number of rotatable bonds is 6. The Balaban J connectivity index is 1.49. The monoisotopic (exact) mass is 586 g/mol. The maximum absolute atomic E-state index is 14.2. The van der Waals surface area contributed by atoms with Crippen LogP contribution in [-0.2, 0) is 28.7 Å². The minimum absolute atomic E-state index is 0.0163. The fourth-order valence-electron chi connectivity index (χ4n) is 7.82. The van der Waals surface area contributed by atoms with Crippen molar-refractivity contribution in [3.63, 3.8) is 0 Å². The molecule has 0 spiro atoms. The highest BCUT2D eigenvalue weighted by molar-refractivity contribution is 6.27. The molecule has 2 N–H and O–H groups in total. The number of imide groups is 2. The van der Waals surface area contributed by atoms with E-state index in [0.29, 0.717) is 5.57 Å². The summed E-state index contributed by atoms with van der Waals surface area (Å²) in [4.78, 5) is 94.5. The number of carbonyl (C=O) groups excluding carboxylic acids is 5. The Labute approximate surface area is 244 Å². The Kier molecular flexibility index (Phi) is 6.15. The zero-order chi connectivity index (χ0) is 31.1. The smallest absolute Gasteiger partial charge is 0.335 e. The zero-order valence-electron chi connectivity index (χ0n) is 23.3. The first-order valence-electron chi connectivity index (χ1n) is 13.7. The molecule has 2 aromatic rings. The van der Waals surface area contributed by atoms with Crippen molar-refractivity contribution >= 4 is 52.9 Å². The molecule has 0 aromatic heterocycles. The number of benzene rings is 2. The highest BCUT2D eigenvalue weighted by Crippen LogP contribution is 2.68. The van der Waals surface area contributed by atoms with Gasteiger partial charge >= 0.3 is 17.9 Å². The van der Waals surface area contributed by atoms with Crippen LogP contribution in [0.5, 0.6) is 0 Å². The summed E-state index contributed by atoms with van der Waals surface area (Å²) < 4.78 is 5.36. The van der Waals surface area contributed by atoms with Crippen LogP contribution in [0.2, 0.25) is 0 Å². The van der Waals surface area contributed by atoms with Crippen LogP contribution in [0.15, 0.2) is 59.7 Å². The number of carboxylic acids is 2. The van der Waals surface area contributed by atoms with Crippen molar-refractivity contribution in [3.05, 3.63) is 70.8 Å². The SMILES string of the molecule is CCOC(=O)C1=C(C)C2[C@H]3C(=O)N(c4ccc(C(=O)O)cc4)C(=O)[C@@H]3C1(C)[C@H]1C(=O)N(c3ccc(C(=O)O)cc3)C(=O)[C@@H]21. The van der Waals surface area contributed by atoms with Gasteiger partial charge in [-0.1, -0.05) is 12.5 Å². The molecule has 2 heterocycles. The number of amides is 4. The van der Waals surface area contributed by atoms with E-state index in [4.69, 9.17) is 4.74 Å². The van der Waals surface area contributed by atoms with Gasteiger partial charge in [-0.2, -0.15) is 0 Å². The van der Waals surface area contributed by atoms with Crippen molar-refractivity contribution in [1.82, 2.24) is 0 Å². The molecule has 4 amide bonds. The summed E-state index contributed by atoms with van der Waals surface area (Å²) in [6.07, 6.45) is 0. The summed E-state index contributed by atoms with van der Waals surface area (Å²) in [5.41, 5.74) is -0.933. The summed E-state index contributed by atoms with van der Waals surface area (Å²) in [5.74, 6) is -11.1. The van der Waals surface area contributed by atoms with Gasteiger partial charge in [-0.25, -0.2) is 14.4 Å². The van der Waals surface area contributed by atoms with E-state index in [9.17, 15) is 43.8 Å². The van der Waals surface area contributed by atoms with Crippen molar-refractivity contribution in [3.8, 4) is 0 Å². The molecule has 43 heavy (non-hydrogen) atoms. The summed E-state index contributed by atoms with van der Waals surface area (Å²) in [6.45, 7) is 4.80. The van der Waals surface area contributed by atoms with Gasteiger partial charge in [-0.15, -0.1) is 0 Å². The maximum atomic E-state index is 14.2. The second kappa shape index (κ2) is 9.45. The Morgan fingerprint density at radius 1 is 0.721 bits per heavy atom. The number of allylic oxidation sites excluding steroid dienone is 1. The number of hydrogen-bond acceptors (Lipinski definition) is 8. The van der Waals surface area contributed by atoms with E-state index in [2.05, 4.69) is 0 Å². The quantitative estimate of drug-likeness (QED) is 0.378. The highest BCUT2D eigenvalue weighted by Gasteiger charge is 2.77. The first kappa shape index (κ1) is 28.0. The fraction of sp³-hybridized carbons (Fsp3) is 0.323. The lowest BCUT2D eigenvalue weighted by Gasteiger charge is -2.55. The van der Waals surface area contributed by atoms with Crippen molar-refractivity contribution in [2.45, 2.75) is 20.8 Å². The fourth-order valence-corrected chi connectivity index (χ4v) is 7.82. The number of carboxylic acid groups (broad SMARTS) is 2. The number of carbonyl (C=O) groups is 7. The molecule has 5 aliphatic rings. The molecule has 6 atom stereocenters. The summed E-state index contributed by atoms with van der Waals surface area (Å²) in [5, 5.41) is 18.5. The molecule has 220 valence electrons. The predicted octanol–water partition coefficient (Wildman–Crippen LogP) is 2.52. The average molecular weight is 587 g/mol. The lowest BCUT2D eigenvalue weighted by Crippen LogP contribution is -2.61. The van der Waals surface area contributed by atoms with Crippen molar-refractivity contribution in [1.29, 1.82) is 0 Å². The number of ether oxygens (including phenoxy) is 1. The van der Waals surface area contributed by atoms with Crippen molar-refractivity contribution in [2.75, 3.05) is 16.4 Å². The van der Waals surface area contributed by atoms with Crippen LogP contribution >= 0.6 is 0 Å². The zero-order valence-corrected chi connectivity index (χ0v) is 23.3. The first-order valence-corrected chi connectivity index (χ1v) is 13.7. The third-order valence-corrected chi connectivity index (χ3v) is 9.43. The van der Waals surface area contributed by atoms with E-state index in [-0.39, 0.29) is 34.7 Å². The van der Waals surface area contributed by atoms with E-state index in [1.807, 2.05) is 0 Å². The number of anilines is 2. The molecule has 3 aliphatic carbocycles. The van der Waals surface area contributed by atoms with Crippen LogP contribution in [0.3, 0.4) is 0 Å². The molecule has 7 rings (SSSR count). The van der Waals surface area contributed by atoms with Gasteiger partial charge in [0.25, 0.3) is 0 Å². The summed E-state index contributed by atoms with van der Waals surface area (Å²) >= 11 is 0. The van der Waals surface area contributed by atoms with Crippen molar-refractivity contribution in [2.24, 2.45) is 35.0 Å². The molecular formula is C31H26N2O10. The molecule has 2 bridgehead atoms. The minimum Gasteiger partial charge on any atom is -0.478 e. The Bertz CT molecular complexity index is 1590. The van der Waals surface area contributed by atoms with E-state index in [0.717, 1.165) is 9.80 Å². The van der Waals surface area contributed by atoms with Crippen LogP contribution in [-0.4, -0.2) is 58.4 Å². The lowest BCUT2D eigenvalue weighted by atomic mass is 9.43. The Morgan fingerprint density at radius 3 is 1.47 bits per heavy atom. The van der Waals surface area contributed by atoms with Gasteiger partial charge in [-0.05, 0) is 62.4 Å². The van der Waals surface area contributed by atoms with Gasteiger partial charge in [0, 0.05) is 16.9 Å². The largest absolute Gasteiger partial charge is 0.478 e. The van der Waals surface area contributed by atoms with Gasteiger partial charge < -0.3 is 14.9 Å². The van der Waals surface area contributed by atoms with E-state index in [1.54, 1.807) is 20.8 Å². The van der Waals surface area contributed by atoms with E-state index < -0.39 is 76.5 Å². The number of aromatic carboxylic acids is 2. The maximum Gasteiger partial charge on any atom is 0.335 e. The van der Waals surface area contributed by atoms with Gasteiger partial charge in [-0.3, -0.25) is 29.0 Å². The molecule has 2 aromatic carbocycles. The number of esters is 1. The molecule has 3 fully saturated rings. The van der Waals surface area contributed by atoms with Crippen LogP contribution in [0, 0.1) is 35.0 Å². The summed E-state index contributed by atoms with van der Waals surface area (Å²) in [7, 11) is 0. The van der Waals surface area contributed by atoms with E-state index >= 15 is 0 Å². The predicted molar refractivity (Wildman–Crippen MR) is 147 cm³/mol. The highest BCUT2D eigenvalue weighted by atomic mass is 16.5. The molecule has 1 saturated carbocycles. The molecule has 2 saturated heterocycles.